The average molecular weight is 355 g/mol. The lowest BCUT2D eigenvalue weighted by atomic mass is 10.1. The zero-order valence-electron chi connectivity index (χ0n) is 15.2. The summed E-state index contributed by atoms with van der Waals surface area (Å²) in [5.74, 6) is 3.02. The molecule has 7 heteroatoms. The van der Waals surface area contributed by atoms with Crippen molar-refractivity contribution in [3.8, 4) is 12.3 Å². The molecule has 0 radical (unpaired) electrons. The lowest BCUT2D eigenvalue weighted by molar-refractivity contribution is -0.129. The topological polar surface area (TPSA) is 85.8 Å². The van der Waals surface area contributed by atoms with Crippen LogP contribution in [0.3, 0.4) is 0 Å². The predicted octanol–water partition coefficient (Wildman–Crippen LogP) is 0.782. The van der Waals surface area contributed by atoms with Crippen LogP contribution in [0.5, 0.6) is 0 Å². The molecule has 0 unspecified atom stereocenters. The Morgan fingerprint density at radius 1 is 1.35 bits per heavy atom. The zero-order valence-corrected chi connectivity index (χ0v) is 15.2. The van der Waals surface area contributed by atoms with E-state index in [1.807, 2.05) is 4.90 Å². The fourth-order valence-corrected chi connectivity index (χ4v) is 2.78. The summed E-state index contributed by atoms with van der Waals surface area (Å²) in [4.78, 5) is 29.4. The highest BCUT2D eigenvalue weighted by atomic mass is 16.2. The van der Waals surface area contributed by atoms with E-state index in [9.17, 15) is 9.59 Å². The number of benzene rings is 1. The number of rotatable bonds is 4. The number of likely N-dealkylation sites (tertiary alicyclic amines) is 1. The van der Waals surface area contributed by atoms with Crippen molar-refractivity contribution in [1.82, 2.24) is 15.5 Å². The van der Waals surface area contributed by atoms with E-state index in [4.69, 9.17) is 6.42 Å². The first-order chi connectivity index (χ1) is 12.5. The van der Waals surface area contributed by atoms with Crippen LogP contribution in [0.1, 0.15) is 25.3 Å². The van der Waals surface area contributed by atoms with E-state index in [-0.39, 0.29) is 24.4 Å². The molecule has 2 amide bonds. The number of hydrogen-bond acceptors (Lipinski definition) is 3. The highest BCUT2D eigenvalue weighted by molar-refractivity contribution is 5.95. The van der Waals surface area contributed by atoms with E-state index in [0.29, 0.717) is 17.2 Å². The number of hydrogen-bond donors (Lipinski definition) is 3. The van der Waals surface area contributed by atoms with Gasteiger partial charge < -0.3 is 20.9 Å². The van der Waals surface area contributed by atoms with Gasteiger partial charge in [-0.05, 0) is 31.0 Å². The maximum atomic E-state index is 12.1. The van der Waals surface area contributed by atoms with Gasteiger partial charge in [0.05, 0.1) is 6.54 Å². The number of piperidine rings is 1. The molecule has 26 heavy (non-hydrogen) atoms. The van der Waals surface area contributed by atoms with Gasteiger partial charge in [0.15, 0.2) is 5.96 Å². The minimum Gasteiger partial charge on any atom is -0.354 e. The van der Waals surface area contributed by atoms with Gasteiger partial charge in [-0.3, -0.25) is 14.6 Å². The van der Waals surface area contributed by atoms with Crippen molar-refractivity contribution in [2.45, 2.75) is 25.8 Å². The van der Waals surface area contributed by atoms with Gasteiger partial charge in [-0.1, -0.05) is 12.0 Å². The summed E-state index contributed by atoms with van der Waals surface area (Å²) in [5, 5.41) is 9.10. The van der Waals surface area contributed by atoms with Crippen LogP contribution in [0, 0.1) is 12.3 Å². The summed E-state index contributed by atoms with van der Waals surface area (Å²) in [7, 11) is 1.66. The smallest absolute Gasteiger partial charge is 0.243 e. The number of anilines is 1. The van der Waals surface area contributed by atoms with Crippen molar-refractivity contribution in [1.29, 1.82) is 0 Å². The number of nitrogens with one attached hydrogen (secondary N) is 3. The van der Waals surface area contributed by atoms with E-state index >= 15 is 0 Å². The molecule has 0 bridgehead atoms. The predicted molar refractivity (Wildman–Crippen MR) is 103 cm³/mol. The summed E-state index contributed by atoms with van der Waals surface area (Å²) in [6, 6.07) is 7.36. The SMILES string of the molecule is C#Cc1cccc(NC(=O)CNC(=NC)NC2CCN(C(C)=O)CC2)c1. The summed E-state index contributed by atoms with van der Waals surface area (Å²) < 4.78 is 0. The molecule has 1 saturated heterocycles. The van der Waals surface area contributed by atoms with Gasteiger partial charge >= 0.3 is 0 Å². The molecule has 0 aliphatic carbocycles. The Balaban J connectivity index is 1.77. The van der Waals surface area contributed by atoms with Crippen molar-refractivity contribution in [2.24, 2.45) is 4.99 Å². The molecule has 0 saturated carbocycles. The van der Waals surface area contributed by atoms with Crippen LogP contribution >= 0.6 is 0 Å². The summed E-state index contributed by atoms with van der Waals surface area (Å²) in [6.45, 7) is 3.14. The molecule has 2 rings (SSSR count). The molecule has 0 spiro atoms. The zero-order chi connectivity index (χ0) is 18.9. The van der Waals surface area contributed by atoms with E-state index < -0.39 is 0 Å². The van der Waals surface area contributed by atoms with Crippen LogP contribution in [0.25, 0.3) is 0 Å². The second kappa shape index (κ2) is 9.47. The number of carbonyl (C=O) groups excluding carboxylic acids is 2. The lowest BCUT2D eigenvalue weighted by Gasteiger charge is -2.32. The first-order valence-corrected chi connectivity index (χ1v) is 8.61. The van der Waals surface area contributed by atoms with Gasteiger partial charge in [0, 0.05) is 44.4 Å². The second-order valence-electron chi connectivity index (χ2n) is 6.12. The Morgan fingerprint density at radius 2 is 2.08 bits per heavy atom. The largest absolute Gasteiger partial charge is 0.354 e. The standard InChI is InChI=1S/C19H25N5O2/c1-4-15-6-5-7-17(12-15)22-18(26)13-21-19(20-3)23-16-8-10-24(11-9-16)14(2)25/h1,5-7,12,16H,8-11,13H2,2-3H3,(H,22,26)(H2,20,21,23). The van der Waals surface area contributed by atoms with Gasteiger partial charge in [0.2, 0.25) is 11.8 Å². The number of carbonyl (C=O) groups is 2. The van der Waals surface area contributed by atoms with E-state index in [2.05, 4.69) is 26.9 Å². The molecular weight excluding hydrogens is 330 g/mol. The average Bonchev–Trinajstić information content (AvgIpc) is 2.65. The molecule has 1 aromatic carbocycles. The van der Waals surface area contributed by atoms with Crippen molar-refractivity contribution in [3.05, 3.63) is 29.8 Å². The number of nitrogens with zero attached hydrogens (tertiary/aromatic N) is 2. The minimum atomic E-state index is -0.187. The molecular formula is C19H25N5O2. The van der Waals surface area contributed by atoms with Crippen molar-refractivity contribution >= 4 is 23.5 Å². The Morgan fingerprint density at radius 3 is 2.69 bits per heavy atom. The lowest BCUT2D eigenvalue weighted by Crippen LogP contribution is -2.50. The van der Waals surface area contributed by atoms with Crippen molar-refractivity contribution < 1.29 is 9.59 Å². The molecule has 1 heterocycles. The molecule has 7 nitrogen and oxygen atoms in total. The third kappa shape index (κ3) is 5.81. The summed E-state index contributed by atoms with van der Waals surface area (Å²) in [5.41, 5.74) is 1.37. The Bertz CT molecular complexity index is 715. The third-order valence-electron chi connectivity index (χ3n) is 4.23. The maximum Gasteiger partial charge on any atom is 0.243 e. The van der Waals surface area contributed by atoms with Crippen LogP contribution in [0.2, 0.25) is 0 Å². The van der Waals surface area contributed by atoms with Gasteiger partial charge in [0.1, 0.15) is 0 Å². The van der Waals surface area contributed by atoms with Crippen LogP contribution < -0.4 is 16.0 Å². The first-order valence-electron chi connectivity index (χ1n) is 8.61. The third-order valence-corrected chi connectivity index (χ3v) is 4.23. The number of amides is 2. The highest BCUT2D eigenvalue weighted by Crippen LogP contribution is 2.10. The maximum absolute atomic E-state index is 12.1. The van der Waals surface area contributed by atoms with Crippen LogP contribution in [-0.2, 0) is 9.59 Å². The Kier molecular flexibility index (Phi) is 7.03. The molecule has 0 aromatic heterocycles. The van der Waals surface area contributed by atoms with Crippen LogP contribution in [-0.4, -0.2) is 55.4 Å². The van der Waals surface area contributed by atoms with E-state index in [1.54, 1.807) is 38.2 Å². The molecule has 1 aliphatic rings. The van der Waals surface area contributed by atoms with Gasteiger partial charge in [0.25, 0.3) is 0 Å². The highest BCUT2D eigenvalue weighted by Gasteiger charge is 2.21. The van der Waals surface area contributed by atoms with Gasteiger partial charge in [-0.25, -0.2) is 0 Å². The Hall–Kier alpha value is -3.01. The number of guanidine groups is 1. The molecule has 1 aliphatic heterocycles. The van der Waals surface area contributed by atoms with Gasteiger partial charge in [-0.2, -0.15) is 0 Å². The second-order valence-corrected chi connectivity index (χ2v) is 6.12. The van der Waals surface area contributed by atoms with Crippen molar-refractivity contribution in [2.75, 3.05) is 32.0 Å². The van der Waals surface area contributed by atoms with E-state index in [1.165, 1.54) is 0 Å². The van der Waals surface area contributed by atoms with Crippen LogP contribution in [0.4, 0.5) is 5.69 Å². The van der Waals surface area contributed by atoms with Crippen LogP contribution in [0.15, 0.2) is 29.3 Å². The van der Waals surface area contributed by atoms with E-state index in [0.717, 1.165) is 25.9 Å². The fraction of sp³-hybridized carbons (Fsp3) is 0.421. The normalized spacial score (nSPS) is 15.1. The van der Waals surface area contributed by atoms with Crippen molar-refractivity contribution in [3.63, 3.8) is 0 Å². The Labute approximate surface area is 154 Å². The number of terminal acetylenes is 1. The molecule has 3 N–H and O–H groups in total. The van der Waals surface area contributed by atoms with Gasteiger partial charge in [-0.15, -0.1) is 6.42 Å². The molecule has 1 fully saturated rings. The summed E-state index contributed by atoms with van der Waals surface area (Å²) in [6.07, 6.45) is 7.06. The first kappa shape index (κ1) is 19.3. The summed E-state index contributed by atoms with van der Waals surface area (Å²) >= 11 is 0. The minimum absolute atomic E-state index is 0.0895. The molecule has 138 valence electrons. The monoisotopic (exact) mass is 355 g/mol. The molecule has 1 aromatic rings. The molecule has 0 atom stereocenters. The quantitative estimate of drug-likeness (QED) is 0.423. The fourth-order valence-electron chi connectivity index (χ4n) is 2.78. The number of aliphatic imine (C=N–C) groups is 1.